The Morgan fingerprint density at radius 2 is 1.65 bits per heavy atom. The van der Waals surface area contributed by atoms with E-state index in [-0.39, 0.29) is 23.0 Å². The first-order chi connectivity index (χ1) is 16.1. The van der Waals surface area contributed by atoms with Crippen LogP contribution >= 0.6 is 0 Å². The first-order valence-corrected chi connectivity index (χ1v) is 10.2. The van der Waals surface area contributed by atoms with E-state index in [4.69, 9.17) is 15.6 Å². The lowest BCUT2D eigenvalue weighted by molar-refractivity contribution is -0.137. The number of alkyl halides is 3. The first-order valence-electron chi connectivity index (χ1n) is 10.2. The van der Waals surface area contributed by atoms with Gasteiger partial charge in [-0.25, -0.2) is 9.59 Å². The zero-order chi connectivity index (χ0) is 24.6. The molecule has 1 aromatic heterocycles. The summed E-state index contributed by atoms with van der Waals surface area (Å²) in [5.41, 5.74) is 6.89. The number of aromatic nitrogens is 1. The van der Waals surface area contributed by atoms with E-state index < -0.39 is 23.7 Å². The summed E-state index contributed by atoms with van der Waals surface area (Å²) in [5, 5.41) is 9.78. The number of carbonyl (C=O) groups is 2. The number of ether oxygens (including phenoxy) is 1. The van der Waals surface area contributed by atoms with E-state index in [1.807, 2.05) is 6.92 Å². The molecule has 0 aliphatic heterocycles. The van der Waals surface area contributed by atoms with Crippen LogP contribution in [0.25, 0.3) is 10.9 Å². The highest BCUT2D eigenvalue weighted by Gasteiger charge is 2.30. The Balaban J connectivity index is 1.76. The molecule has 9 heteroatoms. The number of para-hydroxylation sites is 1. The molecule has 3 N–H and O–H groups in total. The maximum absolute atomic E-state index is 12.9. The highest BCUT2D eigenvalue weighted by molar-refractivity contribution is 5.97. The summed E-state index contributed by atoms with van der Waals surface area (Å²) in [5.74, 6) is -0.853. The van der Waals surface area contributed by atoms with Crippen molar-refractivity contribution >= 4 is 22.9 Å². The van der Waals surface area contributed by atoms with Crippen LogP contribution in [0.4, 0.5) is 18.0 Å². The highest BCUT2D eigenvalue weighted by Crippen LogP contribution is 2.38. The van der Waals surface area contributed by atoms with Gasteiger partial charge < -0.3 is 15.6 Å². The van der Waals surface area contributed by atoms with E-state index in [1.165, 1.54) is 28.8 Å². The van der Waals surface area contributed by atoms with Gasteiger partial charge in [0, 0.05) is 17.5 Å². The van der Waals surface area contributed by atoms with Gasteiger partial charge in [-0.05, 0) is 53.6 Å². The molecular formula is C25H19F3N2O4. The summed E-state index contributed by atoms with van der Waals surface area (Å²) in [7, 11) is 0. The Bertz CT molecular complexity index is 1370. The fraction of sp³-hybridized carbons (Fsp3) is 0.120. The third-order valence-electron chi connectivity index (χ3n) is 5.59. The number of carboxylic acids is 1. The second-order valence-corrected chi connectivity index (χ2v) is 7.72. The van der Waals surface area contributed by atoms with Crippen molar-refractivity contribution in [1.82, 2.24) is 4.57 Å². The number of carboxylic acid groups (broad SMARTS) is 1. The highest BCUT2D eigenvalue weighted by atomic mass is 19.4. The van der Waals surface area contributed by atoms with E-state index in [2.05, 4.69) is 0 Å². The van der Waals surface area contributed by atoms with Crippen molar-refractivity contribution in [2.24, 2.45) is 5.73 Å². The predicted octanol–water partition coefficient (Wildman–Crippen LogP) is 6.23. The van der Waals surface area contributed by atoms with Crippen molar-refractivity contribution in [3.8, 4) is 11.5 Å². The number of rotatable bonds is 5. The molecule has 0 aliphatic carbocycles. The summed E-state index contributed by atoms with van der Waals surface area (Å²) < 4.78 is 45.6. The molecule has 0 bridgehead atoms. The van der Waals surface area contributed by atoms with Crippen LogP contribution in [0.5, 0.6) is 11.5 Å². The third kappa shape index (κ3) is 4.32. The number of hydrogen-bond acceptors (Lipinski definition) is 3. The normalized spacial score (nSPS) is 12.5. The molecule has 4 aromatic rings. The molecule has 1 amide bonds. The average molecular weight is 468 g/mol. The molecule has 0 fully saturated rings. The zero-order valence-corrected chi connectivity index (χ0v) is 17.8. The number of primary amides is 1. The molecule has 1 heterocycles. The Kier molecular flexibility index (Phi) is 5.78. The second-order valence-electron chi connectivity index (χ2n) is 7.72. The Morgan fingerprint density at radius 3 is 2.21 bits per heavy atom. The van der Waals surface area contributed by atoms with Crippen molar-refractivity contribution in [2.45, 2.75) is 19.0 Å². The number of benzene rings is 3. The molecule has 6 nitrogen and oxygen atoms in total. The van der Waals surface area contributed by atoms with Crippen LogP contribution < -0.4 is 10.5 Å². The molecule has 0 spiro atoms. The summed E-state index contributed by atoms with van der Waals surface area (Å²) in [6, 6.07) is 15.0. The summed E-state index contributed by atoms with van der Waals surface area (Å²) in [6.07, 6.45) is -2.88. The topological polar surface area (TPSA) is 94.5 Å². The quantitative estimate of drug-likeness (QED) is 0.363. The van der Waals surface area contributed by atoms with Gasteiger partial charge in [-0.3, -0.25) is 4.57 Å². The lowest BCUT2D eigenvalue weighted by Gasteiger charge is -2.12. The standard InChI is InChI=1S/C25H19F3N2O4/c1-14(15-5-7-16(8-6-15)23(31)32)20-13-30(24(29)33)22-19(20)3-2-4-21(22)34-18-11-9-17(10-12-18)25(26,27)28/h2-14H,1H3,(H2,29,33)(H,31,32). The van der Waals surface area contributed by atoms with Crippen molar-refractivity contribution in [3.05, 3.63) is 95.2 Å². The van der Waals surface area contributed by atoms with Crippen molar-refractivity contribution in [3.63, 3.8) is 0 Å². The molecular weight excluding hydrogens is 449 g/mol. The number of nitrogens with zero attached hydrogens (tertiary/aromatic N) is 1. The molecule has 4 rings (SSSR count). The second kappa shape index (κ2) is 8.58. The maximum Gasteiger partial charge on any atom is 0.416 e. The van der Waals surface area contributed by atoms with Crippen LogP contribution in [0, 0.1) is 0 Å². The smallest absolute Gasteiger partial charge is 0.416 e. The fourth-order valence-electron chi connectivity index (χ4n) is 3.81. The van der Waals surface area contributed by atoms with E-state index in [0.717, 1.165) is 23.3 Å². The Morgan fingerprint density at radius 1 is 1.00 bits per heavy atom. The summed E-state index contributed by atoms with van der Waals surface area (Å²) in [4.78, 5) is 23.3. The number of amides is 1. The van der Waals surface area contributed by atoms with Crippen molar-refractivity contribution in [1.29, 1.82) is 0 Å². The zero-order valence-electron chi connectivity index (χ0n) is 17.8. The van der Waals surface area contributed by atoms with Gasteiger partial charge in [0.15, 0.2) is 5.75 Å². The predicted molar refractivity (Wildman–Crippen MR) is 119 cm³/mol. The SMILES string of the molecule is CC(c1ccc(C(=O)O)cc1)c1cn(C(N)=O)c2c(Oc3ccc(C(F)(F)F)cc3)cccc12. The molecule has 0 saturated heterocycles. The fourth-order valence-corrected chi connectivity index (χ4v) is 3.81. The summed E-state index contributed by atoms with van der Waals surface area (Å²) >= 11 is 0. The van der Waals surface area contributed by atoms with Gasteiger partial charge in [0.25, 0.3) is 0 Å². The van der Waals surface area contributed by atoms with E-state index in [9.17, 15) is 22.8 Å². The number of fused-ring (bicyclic) bond motifs is 1. The van der Waals surface area contributed by atoms with Crippen LogP contribution in [0.2, 0.25) is 0 Å². The Hall–Kier alpha value is -4.27. The monoisotopic (exact) mass is 468 g/mol. The van der Waals surface area contributed by atoms with Crippen LogP contribution in [0.1, 0.15) is 39.9 Å². The molecule has 0 aliphatic rings. The van der Waals surface area contributed by atoms with E-state index >= 15 is 0 Å². The van der Waals surface area contributed by atoms with Crippen LogP contribution in [-0.2, 0) is 6.18 Å². The van der Waals surface area contributed by atoms with Gasteiger partial charge >= 0.3 is 18.2 Å². The maximum atomic E-state index is 12.9. The van der Waals surface area contributed by atoms with Gasteiger partial charge in [-0.15, -0.1) is 0 Å². The van der Waals surface area contributed by atoms with Gasteiger partial charge in [0.1, 0.15) is 11.3 Å². The van der Waals surface area contributed by atoms with Crippen LogP contribution in [0.15, 0.2) is 72.9 Å². The van der Waals surface area contributed by atoms with Gasteiger partial charge in [0.05, 0.1) is 11.1 Å². The number of nitrogens with two attached hydrogens (primary N) is 1. The van der Waals surface area contributed by atoms with E-state index in [0.29, 0.717) is 10.9 Å². The lowest BCUT2D eigenvalue weighted by Crippen LogP contribution is -2.18. The Labute approximate surface area is 192 Å². The minimum atomic E-state index is -4.47. The number of halogens is 3. The number of aromatic carboxylic acids is 1. The van der Waals surface area contributed by atoms with Crippen LogP contribution in [-0.4, -0.2) is 21.7 Å². The number of carbonyl (C=O) groups excluding carboxylic acids is 1. The van der Waals surface area contributed by atoms with Gasteiger partial charge in [-0.1, -0.05) is 31.2 Å². The van der Waals surface area contributed by atoms with Crippen LogP contribution in [0.3, 0.4) is 0 Å². The number of hydrogen-bond donors (Lipinski definition) is 2. The molecule has 34 heavy (non-hydrogen) atoms. The minimum Gasteiger partial charge on any atom is -0.478 e. The van der Waals surface area contributed by atoms with Gasteiger partial charge in [-0.2, -0.15) is 13.2 Å². The molecule has 0 saturated carbocycles. The minimum absolute atomic E-state index is 0.155. The molecule has 174 valence electrons. The van der Waals surface area contributed by atoms with Gasteiger partial charge in [0.2, 0.25) is 0 Å². The summed E-state index contributed by atoms with van der Waals surface area (Å²) in [6.45, 7) is 1.90. The lowest BCUT2D eigenvalue weighted by atomic mass is 9.92. The molecule has 0 radical (unpaired) electrons. The average Bonchev–Trinajstić information content (AvgIpc) is 3.19. The molecule has 1 unspecified atom stereocenters. The van der Waals surface area contributed by atoms with E-state index in [1.54, 1.807) is 36.5 Å². The van der Waals surface area contributed by atoms with Crippen molar-refractivity contribution < 1.29 is 32.6 Å². The largest absolute Gasteiger partial charge is 0.478 e. The third-order valence-corrected chi connectivity index (χ3v) is 5.59. The molecule has 3 aromatic carbocycles. The molecule has 1 atom stereocenters. The first kappa shape index (κ1) is 22.9. The van der Waals surface area contributed by atoms with Crippen molar-refractivity contribution in [2.75, 3.05) is 0 Å².